The summed E-state index contributed by atoms with van der Waals surface area (Å²) in [6.07, 6.45) is 1.50. The van der Waals surface area contributed by atoms with Crippen molar-refractivity contribution < 1.29 is 19.1 Å². The first-order valence-electron chi connectivity index (χ1n) is 8.78. The number of hydrogen-bond donors (Lipinski definition) is 1. The summed E-state index contributed by atoms with van der Waals surface area (Å²) in [6.45, 7) is 0.0892. The van der Waals surface area contributed by atoms with E-state index >= 15 is 0 Å². The minimum atomic E-state index is -0.789. The first-order chi connectivity index (χ1) is 14.0. The lowest BCUT2D eigenvalue weighted by molar-refractivity contribution is -0.140. The lowest BCUT2D eigenvalue weighted by atomic mass is 9.95. The number of halogens is 2. The molecular formula is C22H15BrClNO4. The summed E-state index contributed by atoms with van der Waals surface area (Å²) < 4.78 is 6.20. The average Bonchev–Trinajstić information content (AvgIpc) is 3.30. The fourth-order valence-electron chi connectivity index (χ4n) is 3.40. The Balaban J connectivity index is 1.87. The number of furan rings is 1. The molecule has 1 aliphatic rings. The molecular weight excluding hydrogens is 458 g/mol. The summed E-state index contributed by atoms with van der Waals surface area (Å²) in [5.41, 5.74) is 1.09. The molecule has 146 valence electrons. The number of hydrogen-bond acceptors (Lipinski definition) is 4. The van der Waals surface area contributed by atoms with Gasteiger partial charge in [-0.05, 0) is 42.0 Å². The van der Waals surface area contributed by atoms with Crippen LogP contribution in [0.5, 0.6) is 0 Å². The van der Waals surface area contributed by atoms with Gasteiger partial charge in [0.2, 0.25) is 0 Å². The summed E-state index contributed by atoms with van der Waals surface area (Å²) in [6, 6.07) is 16.4. The van der Waals surface area contributed by atoms with Gasteiger partial charge in [-0.2, -0.15) is 0 Å². The van der Waals surface area contributed by atoms with E-state index in [4.69, 9.17) is 16.0 Å². The molecule has 1 saturated heterocycles. The molecule has 2 aromatic carbocycles. The lowest BCUT2D eigenvalue weighted by Crippen LogP contribution is -2.29. The average molecular weight is 473 g/mol. The Morgan fingerprint density at radius 3 is 2.52 bits per heavy atom. The van der Waals surface area contributed by atoms with Crippen molar-refractivity contribution in [2.75, 3.05) is 0 Å². The number of rotatable bonds is 4. The van der Waals surface area contributed by atoms with Gasteiger partial charge in [-0.15, -0.1) is 0 Å². The molecule has 1 N–H and O–H groups in total. The summed E-state index contributed by atoms with van der Waals surface area (Å²) in [7, 11) is 0. The van der Waals surface area contributed by atoms with Gasteiger partial charge >= 0.3 is 0 Å². The first-order valence-corrected chi connectivity index (χ1v) is 9.95. The number of amides is 1. The Morgan fingerprint density at radius 1 is 1.10 bits per heavy atom. The fourth-order valence-corrected chi connectivity index (χ4v) is 3.86. The molecule has 1 amide bonds. The summed E-state index contributed by atoms with van der Waals surface area (Å²) >= 11 is 9.50. The molecule has 2 heterocycles. The number of Topliss-reactive ketones (excluding diaryl/α,β-unsaturated/α-hetero) is 1. The quantitative estimate of drug-likeness (QED) is 0.317. The van der Waals surface area contributed by atoms with Crippen molar-refractivity contribution in [3.8, 4) is 0 Å². The Bertz CT molecular complexity index is 1110. The molecule has 5 nitrogen and oxygen atoms in total. The van der Waals surface area contributed by atoms with Crippen LogP contribution in [0.25, 0.3) is 5.76 Å². The Kier molecular flexibility index (Phi) is 5.30. The third-order valence-corrected chi connectivity index (χ3v) is 5.49. The second-order valence-electron chi connectivity index (χ2n) is 6.57. The number of carbonyl (C=O) groups is 2. The van der Waals surface area contributed by atoms with E-state index in [1.54, 1.807) is 60.7 Å². The first kappa shape index (κ1) is 19.5. The van der Waals surface area contributed by atoms with Crippen LogP contribution < -0.4 is 0 Å². The normalized spacial score (nSPS) is 18.4. The van der Waals surface area contributed by atoms with Crippen LogP contribution in [0.1, 0.15) is 22.9 Å². The van der Waals surface area contributed by atoms with E-state index in [-0.39, 0.29) is 17.9 Å². The van der Waals surface area contributed by atoms with Crippen molar-refractivity contribution in [2.45, 2.75) is 12.6 Å². The van der Waals surface area contributed by atoms with Crippen LogP contribution >= 0.6 is 27.5 Å². The number of carbonyl (C=O) groups excluding carboxylic acids is 2. The minimum Gasteiger partial charge on any atom is -0.507 e. The molecule has 29 heavy (non-hydrogen) atoms. The monoisotopic (exact) mass is 471 g/mol. The number of benzene rings is 2. The zero-order chi connectivity index (χ0) is 20.5. The molecule has 4 rings (SSSR count). The van der Waals surface area contributed by atoms with Gasteiger partial charge in [-0.25, -0.2) is 0 Å². The second-order valence-corrected chi connectivity index (χ2v) is 7.92. The summed E-state index contributed by atoms with van der Waals surface area (Å²) in [5.74, 6) is -1.16. The number of aliphatic hydroxyl groups is 1. The van der Waals surface area contributed by atoms with Crippen molar-refractivity contribution in [2.24, 2.45) is 0 Å². The number of likely N-dealkylation sites (tertiary alicyclic amines) is 1. The van der Waals surface area contributed by atoms with Gasteiger partial charge < -0.3 is 14.4 Å². The highest BCUT2D eigenvalue weighted by Crippen LogP contribution is 2.40. The molecule has 0 spiro atoms. The van der Waals surface area contributed by atoms with Gasteiger partial charge in [-0.1, -0.05) is 51.8 Å². The van der Waals surface area contributed by atoms with Crippen molar-refractivity contribution in [1.82, 2.24) is 4.90 Å². The van der Waals surface area contributed by atoms with E-state index in [0.29, 0.717) is 21.9 Å². The minimum absolute atomic E-state index is 0.0196. The zero-order valence-corrected chi connectivity index (χ0v) is 17.4. The number of ketones is 1. The standard InChI is InChI=1S/C22H15BrClNO4/c23-15-8-6-13(7-9-15)20(26)18-19(14-3-1-4-16(24)11-14)25(22(28)21(18)27)12-17-5-2-10-29-17/h1-11,19,26H,12H2. The zero-order valence-electron chi connectivity index (χ0n) is 15.0. The molecule has 3 aromatic rings. The Labute approximate surface area is 180 Å². The van der Waals surface area contributed by atoms with Crippen LogP contribution in [0.4, 0.5) is 0 Å². The molecule has 0 radical (unpaired) electrons. The molecule has 0 aliphatic carbocycles. The van der Waals surface area contributed by atoms with Crippen LogP contribution in [-0.4, -0.2) is 21.7 Å². The van der Waals surface area contributed by atoms with Gasteiger partial charge in [0, 0.05) is 15.1 Å². The third-order valence-electron chi connectivity index (χ3n) is 4.73. The fraction of sp³-hybridized carbons (Fsp3) is 0.0909. The van der Waals surface area contributed by atoms with Crippen LogP contribution in [0.15, 0.2) is 81.4 Å². The summed E-state index contributed by atoms with van der Waals surface area (Å²) in [4.78, 5) is 27.1. The van der Waals surface area contributed by atoms with Gasteiger partial charge in [0.05, 0.1) is 24.4 Å². The molecule has 1 aliphatic heterocycles. The topological polar surface area (TPSA) is 70.8 Å². The van der Waals surface area contributed by atoms with Gasteiger partial charge in [0.15, 0.2) is 0 Å². The van der Waals surface area contributed by atoms with Gasteiger partial charge in [-0.3, -0.25) is 9.59 Å². The highest BCUT2D eigenvalue weighted by atomic mass is 79.9. The van der Waals surface area contributed by atoms with Crippen LogP contribution in [0.3, 0.4) is 0 Å². The summed E-state index contributed by atoms with van der Waals surface area (Å²) in [5, 5.41) is 11.4. The highest BCUT2D eigenvalue weighted by molar-refractivity contribution is 9.10. The maximum atomic E-state index is 12.9. The molecule has 0 saturated carbocycles. The number of nitrogens with zero attached hydrogens (tertiary/aromatic N) is 1. The number of aliphatic hydroxyl groups excluding tert-OH is 1. The lowest BCUT2D eigenvalue weighted by Gasteiger charge is -2.24. The second kappa shape index (κ2) is 7.89. The maximum Gasteiger partial charge on any atom is 0.296 e. The van der Waals surface area contributed by atoms with Crippen molar-refractivity contribution in [3.63, 3.8) is 0 Å². The molecule has 1 fully saturated rings. The van der Waals surface area contributed by atoms with E-state index in [9.17, 15) is 14.7 Å². The van der Waals surface area contributed by atoms with Crippen LogP contribution in [0.2, 0.25) is 5.02 Å². The van der Waals surface area contributed by atoms with Crippen molar-refractivity contribution >= 4 is 45.0 Å². The van der Waals surface area contributed by atoms with E-state index in [1.165, 1.54) is 11.2 Å². The Hall–Kier alpha value is -2.83. The maximum absolute atomic E-state index is 12.9. The van der Waals surface area contributed by atoms with Crippen LogP contribution in [-0.2, 0) is 16.1 Å². The Morgan fingerprint density at radius 2 is 1.86 bits per heavy atom. The molecule has 0 bridgehead atoms. The predicted octanol–water partition coefficient (Wildman–Crippen LogP) is 5.32. The van der Waals surface area contributed by atoms with Crippen molar-refractivity contribution in [3.05, 3.63) is 98.9 Å². The van der Waals surface area contributed by atoms with Crippen LogP contribution in [0, 0.1) is 0 Å². The highest BCUT2D eigenvalue weighted by Gasteiger charge is 2.46. The predicted molar refractivity (Wildman–Crippen MR) is 112 cm³/mol. The molecule has 1 atom stereocenters. The van der Waals surface area contributed by atoms with E-state index < -0.39 is 17.7 Å². The van der Waals surface area contributed by atoms with E-state index in [1.807, 2.05) is 0 Å². The largest absolute Gasteiger partial charge is 0.507 e. The van der Waals surface area contributed by atoms with E-state index in [0.717, 1.165) is 4.47 Å². The van der Waals surface area contributed by atoms with Crippen molar-refractivity contribution in [1.29, 1.82) is 0 Å². The van der Waals surface area contributed by atoms with E-state index in [2.05, 4.69) is 15.9 Å². The molecule has 1 aromatic heterocycles. The van der Waals surface area contributed by atoms with Gasteiger partial charge in [0.1, 0.15) is 11.5 Å². The molecule has 7 heteroatoms. The SMILES string of the molecule is O=C1C(=O)N(Cc2ccco2)C(c2cccc(Cl)c2)C1=C(O)c1ccc(Br)cc1. The molecule has 1 unspecified atom stereocenters. The van der Waals surface area contributed by atoms with Gasteiger partial charge in [0.25, 0.3) is 11.7 Å². The third kappa shape index (κ3) is 3.73. The smallest absolute Gasteiger partial charge is 0.296 e.